The van der Waals surface area contributed by atoms with Crippen LogP contribution >= 0.6 is 11.3 Å². The van der Waals surface area contributed by atoms with Crippen molar-refractivity contribution in [2.75, 3.05) is 33.7 Å². The van der Waals surface area contributed by atoms with Gasteiger partial charge >= 0.3 is 0 Å². The molecule has 5 heteroatoms. The Morgan fingerprint density at radius 1 is 1.37 bits per heavy atom. The fraction of sp³-hybridized carbons (Fsp3) is 0.786. The molecule has 2 N–H and O–H groups in total. The minimum absolute atomic E-state index is 0.426. The fourth-order valence-electron chi connectivity index (χ4n) is 2.53. The standard InChI is InChI=1S/C14H26N4S/c1-10(2)7-11-13(8-15)19-14(16-11)12-9-17(3)5-6-18(12)4/h10,12H,5-9,15H2,1-4H3. The Morgan fingerprint density at radius 3 is 2.74 bits per heavy atom. The summed E-state index contributed by atoms with van der Waals surface area (Å²) in [7, 11) is 4.38. The molecule has 1 aromatic rings. The summed E-state index contributed by atoms with van der Waals surface area (Å²) in [6.45, 7) is 8.40. The molecule has 1 aliphatic rings. The second kappa shape index (κ2) is 6.31. The molecule has 0 aliphatic carbocycles. The van der Waals surface area contributed by atoms with Crippen LogP contribution in [0.3, 0.4) is 0 Å². The summed E-state index contributed by atoms with van der Waals surface area (Å²) in [5.74, 6) is 0.631. The SMILES string of the molecule is CC(C)Cc1nc(C2CN(C)CCN2C)sc1CN. The second-order valence-electron chi connectivity index (χ2n) is 5.98. The Balaban J connectivity index is 2.21. The highest BCUT2D eigenvalue weighted by molar-refractivity contribution is 7.11. The molecule has 1 fully saturated rings. The Hall–Kier alpha value is -0.490. The van der Waals surface area contributed by atoms with E-state index in [1.807, 2.05) is 11.3 Å². The topological polar surface area (TPSA) is 45.4 Å². The first-order chi connectivity index (χ1) is 9.01. The van der Waals surface area contributed by atoms with E-state index in [1.54, 1.807) is 0 Å². The quantitative estimate of drug-likeness (QED) is 0.913. The van der Waals surface area contributed by atoms with E-state index < -0.39 is 0 Å². The van der Waals surface area contributed by atoms with E-state index in [0.29, 0.717) is 18.5 Å². The van der Waals surface area contributed by atoms with Crippen LogP contribution < -0.4 is 5.73 Å². The van der Waals surface area contributed by atoms with Crippen molar-refractivity contribution in [1.82, 2.24) is 14.8 Å². The van der Waals surface area contributed by atoms with Gasteiger partial charge in [-0.2, -0.15) is 0 Å². The van der Waals surface area contributed by atoms with Gasteiger partial charge in [0, 0.05) is 31.1 Å². The lowest BCUT2D eigenvalue weighted by Gasteiger charge is -2.36. The van der Waals surface area contributed by atoms with Crippen LogP contribution in [0.4, 0.5) is 0 Å². The molecule has 0 bridgehead atoms. The number of likely N-dealkylation sites (N-methyl/N-ethyl adjacent to an activating group) is 2. The van der Waals surface area contributed by atoms with Crippen molar-refractivity contribution < 1.29 is 0 Å². The van der Waals surface area contributed by atoms with Gasteiger partial charge in [0.1, 0.15) is 5.01 Å². The van der Waals surface area contributed by atoms with E-state index in [-0.39, 0.29) is 0 Å². The molecule has 108 valence electrons. The molecule has 1 unspecified atom stereocenters. The highest BCUT2D eigenvalue weighted by atomic mass is 32.1. The molecule has 4 nitrogen and oxygen atoms in total. The molecule has 19 heavy (non-hydrogen) atoms. The summed E-state index contributed by atoms with van der Waals surface area (Å²) in [6, 6.07) is 0.426. The normalized spacial score (nSPS) is 22.3. The van der Waals surface area contributed by atoms with Crippen LogP contribution in [0.15, 0.2) is 0 Å². The number of aromatic nitrogens is 1. The average Bonchev–Trinajstić information content (AvgIpc) is 2.74. The van der Waals surface area contributed by atoms with Gasteiger partial charge in [-0.25, -0.2) is 4.98 Å². The fourth-order valence-corrected chi connectivity index (χ4v) is 3.66. The maximum absolute atomic E-state index is 5.88. The number of nitrogens with zero attached hydrogens (tertiary/aromatic N) is 3. The highest BCUT2D eigenvalue weighted by Gasteiger charge is 2.27. The Kier molecular flexibility index (Phi) is 4.95. The first kappa shape index (κ1) is 14.9. The summed E-state index contributed by atoms with van der Waals surface area (Å²) in [5.41, 5.74) is 7.10. The lowest BCUT2D eigenvalue weighted by atomic mass is 10.1. The van der Waals surface area contributed by atoms with Crippen LogP contribution in [-0.4, -0.2) is 48.5 Å². The van der Waals surface area contributed by atoms with Crippen LogP contribution in [0.2, 0.25) is 0 Å². The first-order valence-electron chi connectivity index (χ1n) is 7.08. The number of piperazine rings is 1. The van der Waals surface area contributed by atoms with E-state index in [0.717, 1.165) is 26.1 Å². The van der Waals surface area contributed by atoms with Crippen molar-refractivity contribution in [2.45, 2.75) is 32.9 Å². The molecule has 1 aromatic heterocycles. The predicted octanol–water partition coefficient (Wildman–Crippen LogP) is 1.72. The zero-order valence-electron chi connectivity index (χ0n) is 12.5. The number of thiazole rings is 1. The van der Waals surface area contributed by atoms with Crippen molar-refractivity contribution in [2.24, 2.45) is 11.7 Å². The molecule has 0 amide bonds. The highest BCUT2D eigenvalue weighted by Crippen LogP contribution is 2.30. The van der Waals surface area contributed by atoms with Crippen molar-refractivity contribution >= 4 is 11.3 Å². The maximum Gasteiger partial charge on any atom is 0.112 e. The minimum Gasteiger partial charge on any atom is -0.326 e. The third-order valence-corrected chi connectivity index (χ3v) is 4.94. The molecule has 2 heterocycles. The minimum atomic E-state index is 0.426. The monoisotopic (exact) mass is 282 g/mol. The zero-order chi connectivity index (χ0) is 14.0. The first-order valence-corrected chi connectivity index (χ1v) is 7.90. The second-order valence-corrected chi connectivity index (χ2v) is 7.10. The smallest absolute Gasteiger partial charge is 0.112 e. The van der Waals surface area contributed by atoms with Crippen molar-refractivity contribution in [3.8, 4) is 0 Å². The molecule has 1 saturated heterocycles. The van der Waals surface area contributed by atoms with E-state index in [2.05, 4.69) is 37.7 Å². The lowest BCUT2D eigenvalue weighted by Crippen LogP contribution is -2.44. The summed E-state index contributed by atoms with van der Waals surface area (Å²) < 4.78 is 0. The van der Waals surface area contributed by atoms with Crippen LogP contribution in [0.25, 0.3) is 0 Å². The van der Waals surface area contributed by atoms with E-state index in [1.165, 1.54) is 15.6 Å². The van der Waals surface area contributed by atoms with E-state index in [4.69, 9.17) is 10.7 Å². The van der Waals surface area contributed by atoms with Gasteiger partial charge in [0.15, 0.2) is 0 Å². The number of nitrogens with two attached hydrogens (primary N) is 1. The van der Waals surface area contributed by atoms with Crippen molar-refractivity contribution in [3.63, 3.8) is 0 Å². The average molecular weight is 282 g/mol. The maximum atomic E-state index is 5.88. The largest absolute Gasteiger partial charge is 0.326 e. The molecule has 2 rings (SSSR count). The number of rotatable bonds is 4. The summed E-state index contributed by atoms with van der Waals surface area (Å²) >= 11 is 1.81. The van der Waals surface area contributed by atoms with Gasteiger partial charge in [-0.1, -0.05) is 13.8 Å². The Labute approximate surface area is 120 Å². The van der Waals surface area contributed by atoms with Gasteiger partial charge in [0.25, 0.3) is 0 Å². The summed E-state index contributed by atoms with van der Waals surface area (Å²) in [4.78, 5) is 11.0. The van der Waals surface area contributed by atoms with Crippen molar-refractivity contribution in [1.29, 1.82) is 0 Å². The van der Waals surface area contributed by atoms with Gasteiger partial charge in [-0.3, -0.25) is 4.90 Å². The van der Waals surface area contributed by atoms with E-state index in [9.17, 15) is 0 Å². The van der Waals surface area contributed by atoms with Crippen LogP contribution in [-0.2, 0) is 13.0 Å². The number of hydrogen-bond acceptors (Lipinski definition) is 5. The van der Waals surface area contributed by atoms with Gasteiger partial charge in [0.05, 0.1) is 11.7 Å². The van der Waals surface area contributed by atoms with Gasteiger partial charge < -0.3 is 10.6 Å². The lowest BCUT2D eigenvalue weighted by molar-refractivity contribution is 0.115. The van der Waals surface area contributed by atoms with Crippen LogP contribution in [0.1, 0.15) is 35.5 Å². The molecular formula is C14H26N4S. The predicted molar refractivity (Wildman–Crippen MR) is 81.4 cm³/mol. The third-order valence-electron chi connectivity index (χ3n) is 3.72. The molecular weight excluding hydrogens is 256 g/mol. The molecule has 0 aromatic carbocycles. The molecule has 1 aliphatic heterocycles. The number of hydrogen-bond donors (Lipinski definition) is 1. The molecule has 0 radical (unpaired) electrons. The van der Waals surface area contributed by atoms with Gasteiger partial charge in [-0.05, 0) is 26.4 Å². The van der Waals surface area contributed by atoms with Crippen LogP contribution in [0.5, 0.6) is 0 Å². The Bertz CT molecular complexity index is 416. The third kappa shape index (κ3) is 3.54. The van der Waals surface area contributed by atoms with Gasteiger partial charge in [0.2, 0.25) is 0 Å². The zero-order valence-corrected chi connectivity index (χ0v) is 13.3. The Morgan fingerprint density at radius 2 is 2.11 bits per heavy atom. The molecule has 0 saturated carbocycles. The van der Waals surface area contributed by atoms with Crippen molar-refractivity contribution in [3.05, 3.63) is 15.6 Å². The molecule has 1 atom stereocenters. The van der Waals surface area contributed by atoms with Gasteiger partial charge in [-0.15, -0.1) is 11.3 Å². The molecule has 0 spiro atoms. The summed E-state index contributed by atoms with van der Waals surface area (Å²) in [6.07, 6.45) is 1.04. The summed E-state index contributed by atoms with van der Waals surface area (Å²) in [5, 5.41) is 1.24. The van der Waals surface area contributed by atoms with E-state index >= 15 is 0 Å². The van der Waals surface area contributed by atoms with Crippen LogP contribution in [0, 0.1) is 5.92 Å².